The van der Waals surface area contributed by atoms with E-state index in [4.69, 9.17) is 5.73 Å². The maximum atomic E-state index is 12.5. The molecule has 0 saturated carbocycles. The van der Waals surface area contributed by atoms with Crippen molar-refractivity contribution in [1.29, 1.82) is 0 Å². The van der Waals surface area contributed by atoms with Crippen molar-refractivity contribution in [3.8, 4) is 10.4 Å². The molecule has 0 atom stereocenters. The van der Waals surface area contributed by atoms with Crippen LogP contribution < -0.4 is 16.4 Å². The molecule has 0 aliphatic heterocycles. The molecule has 4 aromatic rings. The highest BCUT2D eigenvalue weighted by atomic mass is 32.1. The van der Waals surface area contributed by atoms with Crippen molar-refractivity contribution in [3.63, 3.8) is 0 Å². The molecule has 1 heterocycles. The predicted octanol–water partition coefficient (Wildman–Crippen LogP) is 5.51. The molecule has 32 heavy (non-hydrogen) atoms. The van der Waals surface area contributed by atoms with Crippen LogP contribution in [0, 0.1) is 0 Å². The Bertz CT molecular complexity index is 1220. The van der Waals surface area contributed by atoms with Gasteiger partial charge in [0.2, 0.25) is 0 Å². The van der Waals surface area contributed by atoms with E-state index >= 15 is 0 Å². The molecule has 0 saturated heterocycles. The maximum absolute atomic E-state index is 12.5. The van der Waals surface area contributed by atoms with Crippen molar-refractivity contribution in [3.05, 3.63) is 106 Å². The molecule has 1 aliphatic rings. The fourth-order valence-electron chi connectivity index (χ4n) is 4.17. The average Bonchev–Trinajstić information content (AvgIpc) is 3.46. The van der Waals surface area contributed by atoms with E-state index < -0.39 is 0 Å². The quantitative estimate of drug-likeness (QED) is 0.347. The molecule has 3 aromatic carbocycles. The molecule has 5 rings (SSSR count). The van der Waals surface area contributed by atoms with E-state index in [-0.39, 0.29) is 5.91 Å². The number of nitrogens with one attached hydrogen (secondary N) is 2. The summed E-state index contributed by atoms with van der Waals surface area (Å²) in [4.78, 5) is 15.1. The zero-order valence-electron chi connectivity index (χ0n) is 17.7. The zero-order chi connectivity index (χ0) is 21.9. The van der Waals surface area contributed by atoms with Gasteiger partial charge in [0.1, 0.15) is 0 Å². The van der Waals surface area contributed by atoms with Gasteiger partial charge in [0.25, 0.3) is 5.91 Å². The van der Waals surface area contributed by atoms with E-state index in [9.17, 15) is 4.79 Å². The molecule has 1 aromatic heterocycles. The van der Waals surface area contributed by atoms with Crippen LogP contribution in [0.3, 0.4) is 0 Å². The summed E-state index contributed by atoms with van der Waals surface area (Å²) >= 11 is 1.79. The molecule has 4 nitrogen and oxygen atoms in total. The normalized spacial score (nSPS) is 13.1. The van der Waals surface area contributed by atoms with Crippen molar-refractivity contribution in [1.82, 2.24) is 5.32 Å². The fraction of sp³-hybridized carbons (Fsp3) is 0.148. The third-order valence-corrected chi connectivity index (χ3v) is 7.05. The number of hydrogen-bond acceptors (Lipinski definition) is 4. The van der Waals surface area contributed by atoms with Crippen molar-refractivity contribution in [2.24, 2.45) is 0 Å². The average molecular weight is 440 g/mol. The van der Waals surface area contributed by atoms with Crippen LogP contribution in [0.25, 0.3) is 10.4 Å². The van der Waals surface area contributed by atoms with E-state index in [1.807, 2.05) is 36.4 Å². The van der Waals surface area contributed by atoms with Gasteiger partial charge in [-0.25, -0.2) is 0 Å². The topological polar surface area (TPSA) is 67.1 Å². The molecule has 0 spiro atoms. The van der Waals surface area contributed by atoms with Gasteiger partial charge in [-0.15, -0.1) is 11.3 Å². The second-order valence-electron chi connectivity index (χ2n) is 8.14. The summed E-state index contributed by atoms with van der Waals surface area (Å²) in [5, 5.41) is 6.58. The van der Waals surface area contributed by atoms with Crippen molar-refractivity contribution < 1.29 is 4.79 Å². The van der Waals surface area contributed by atoms with E-state index in [2.05, 4.69) is 47.0 Å². The van der Waals surface area contributed by atoms with Crippen LogP contribution in [-0.4, -0.2) is 11.9 Å². The van der Waals surface area contributed by atoms with Gasteiger partial charge in [0, 0.05) is 27.9 Å². The molecule has 1 aliphatic carbocycles. The highest BCUT2D eigenvalue weighted by molar-refractivity contribution is 7.15. The Balaban J connectivity index is 1.19. The lowest BCUT2D eigenvalue weighted by molar-refractivity contribution is 0.102. The number of carbonyl (C=O) groups is 1. The molecule has 1 amide bonds. The summed E-state index contributed by atoms with van der Waals surface area (Å²) in [6.45, 7) is 0.877. The number of fused-ring (bicyclic) bond motifs is 1. The Morgan fingerprint density at radius 2 is 1.56 bits per heavy atom. The van der Waals surface area contributed by atoms with Gasteiger partial charge in [-0.2, -0.15) is 0 Å². The van der Waals surface area contributed by atoms with Crippen LogP contribution in [0.4, 0.5) is 11.4 Å². The number of nitrogen functional groups attached to an aromatic ring is 1. The van der Waals surface area contributed by atoms with Gasteiger partial charge in [0.05, 0.1) is 11.4 Å². The largest absolute Gasteiger partial charge is 0.397 e. The summed E-state index contributed by atoms with van der Waals surface area (Å²) in [5.41, 5.74) is 11.8. The lowest BCUT2D eigenvalue weighted by atomic mass is 10.1. The molecule has 0 bridgehead atoms. The number of carbonyl (C=O) groups excluding carboxylic acids is 1. The summed E-state index contributed by atoms with van der Waals surface area (Å²) < 4.78 is 0. The summed E-state index contributed by atoms with van der Waals surface area (Å²) in [6, 6.07) is 28.6. The molecule has 0 radical (unpaired) electrons. The number of anilines is 2. The summed E-state index contributed by atoms with van der Waals surface area (Å²) in [5.74, 6) is -0.164. The zero-order valence-corrected chi connectivity index (χ0v) is 18.5. The van der Waals surface area contributed by atoms with Gasteiger partial charge in [-0.3, -0.25) is 4.79 Å². The number of hydrogen-bond donors (Lipinski definition) is 3. The number of nitrogens with two attached hydrogens (primary N) is 1. The predicted molar refractivity (Wildman–Crippen MR) is 133 cm³/mol. The molecular weight excluding hydrogens is 414 g/mol. The van der Waals surface area contributed by atoms with E-state index in [1.54, 1.807) is 23.5 Å². The van der Waals surface area contributed by atoms with Gasteiger partial charge < -0.3 is 16.4 Å². The minimum absolute atomic E-state index is 0.164. The Labute approximate surface area is 192 Å². The van der Waals surface area contributed by atoms with Gasteiger partial charge in [-0.05, 0) is 65.9 Å². The molecule has 0 unspecified atom stereocenters. The smallest absolute Gasteiger partial charge is 0.255 e. The van der Waals surface area contributed by atoms with Crippen molar-refractivity contribution >= 4 is 28.6 Å². The van der Waals surface area contributed by atoms with Crippen LogP contribution in [0.2, 0.25) is 0 Å². The first-order valence-electron chi connectivity index (χ1n) is 10.8. The summed E-state index contributed by atoms with van der Waals surface area (Å²) in [7, 11) is 0. The summed E-state index contributed by atoms with van der Waals surface area (Å²) in [6.07, 6.45) is 2.21. The second kappa shape index (κ2) is 8.99. The van der Waals surface area contributed by atoms with E-state index in [1.165, 1.54) is 20.9 Å². The Morgan fingerprint density at radius 3 is 2.28 bits per heavy atom. The number of para-hydroxylation sites is 2. The molecule has 4 N–H and O–H groups in total. The van der Waals surface area contributed by atoms with Crippen LogP contribution in [0.1, 0.15) is 26.4 Å². The van der Waals surface area contributed by atoms with Crippen LogP contribution in [0.5, 0.6) is 0 Å². The maximum Gasteiger partial charge on any atom is 0.255 e. The van der Waals surface area contributed by atoms with Gasteiger partial charge >= 0.3 is 0 Å². The third-order valence-electron chi connectivity index (χ3n) is 5.92. The first kappa shape index (κ1) is 20.5. The number of amides is 1. The lowest BCUT2D eigenvalue weighted by Gasteiger charge is -2.10. The Morgan fingerprint density at radius 1 is 0.875 bits per heavy atom. The lowest BCUT2D eigenvalue weighted by Crippen LogP contribution is -2.28. The monoisotopic (exact) mass is 439 g/mol. The van der Waals surface area contributed by atoms with Gasteiger partial charge in [0.15, 0.2) is 0 Å². The Hall–Kier alpha value is -3.41. The minimum Gasteiger partial charge on any atom is -0.397 e. The molecule has 0 fully saturated rings. The Kier molecular flexibility index (Phi) is 5.75. The molecule has 5 heteroatoms. The standard InChI is InChI=1S/C27H25N3OS/c28-24-7-3-4-8-25(24)30-27(31)19-11-9-18(10-12-19)26-14-13-23(32-26)17-29-22-15-20-5-1-2-6-21(20)16-22/h1-14,22,29H,15-17,28H2,(H,30,31). The van der Waals surface area contributed by atoms with Crippen LogP contribution in [0.15, 0.2) is 84.9 Å². The van der Waals surface area contributed by atoms with Crippen LogP contribution >= 0.6 is 11.3 Å². The third kappa shape index (κ3) is 4.44. The van der Waals surface area contributed by atoms with E-state index in [0.717, 1.165) is 24.9 Å². The van der Waals surface area contributed by atoms with Crippen LogP contribution in [-0.2, 0) is 19.4 Å². The minimum atomic E-state index is -0.164. The number of rotatable bonds is 6. The van der Waals surface area contributed by atoms with Crippen molar-refractivity contribution in [2.75, 3.05) is 11.1 Å². The first-order chi connectivity index (χ1) is 15.7. The highest BCUT2D eigenvalue weighted by Crippen LogP contribution is 2.29. The molecular formula is C27H25N3OS. The molecule has 160 valence electrons. The fourth-order valence-corrected chi connectivity index (χ4v) is 5.13. The first-order valence-corrected chi connectivity index (χ1v) is 11.6. The highest BCUT2D eigenvalue weighted by Gasteiger charge is 2.20. The second-order valence-corrected chi connectivity index (χ2v) is 9.31. The van der Waals surface area contributed by atoms with Crippen molar-refractivity contribution in [2.45, 2.75) is 25.4 Å². The van der Waals surface area contributed by atoms with E-state index in [0.29, 0.717) is 23.0 Å². The SMILES string of the molecule is Nc1ccccc1NC(=O)c1ccc(-c2ccc(CNC3Cc4ccccc4C3)s2)cc1. The van der Waals surface area contributed by atoms with Gasteiger partial charge in [-0.1, -0.05) is 48.5 Å². The number of benzene rings is 3. The number of thiophene rings is 1.